The molecule has 0 aliphatic rings. The number of anilines is 1. The minimum Gasteiger partial charge on any atom is -0.496 e. The predicted molar refractivity (Wildman–Crippen MR) is 68.9 cm³/mol. The molecule has 0 aliphatic heterocycles. The summed E-state index contributed by atoms with van der Waals surface area (Å²) in [7, 11) is 1.52. The molecule has 0 radical (unpaired) electrons. The van der Waals surface area contributed by atoms with Crippen LogP contribution in [0.1, 0.15) is 28.8 Å². The zero-order valence-corrected chi connectivity index (χ0v) is 10.4. The summed E-state index contributed by atoms with van der Waals surface area (Å²) in [5.41, 5.74) is 6.62. The number of furan rings is 1. The van der Waals surface area contributed by atoms with Crippen LogP contribution in [0.2, 0.25) is 0 Å². The first-order valence-electron chi connectivity index (χ1n) is 5.72. The lowest BCUT2D eigenvalue weighted by Gasteiger charge is -2.07. The molecule has 0 amide bonds. The molecule has 0 saturated heterocycles. The van der Waals surface area contributed by atoms with Gasteiger partial charge in [-0.25, -0.2) is 0 Å². The molecule has 1 aromatic carbocycles. The van der Waals surface area contributed by atoms with Gasteiger partial charge < -0.3 is 14.9 Å². The number of rotatable bonds is 4. The van der Waals surface area contributed by atoms with Crippen LogP contribution in [0.25, 0.3) is 0 Å². The van der Waals surface area contributed by atoms with Gasteiger partial charge in [-0.05, 0) is 30.3 Å². The van der Waals surface area contributed by atoms with Crippen molar-refractivity contribution >= 4 is 11.5 Å². The van der Waals surface area contributed by atoms with Crippen molar-refractivity contribution in [2.75, 3.05) is 12.8 Å². The van der Waals surface area contributed by atoms with Crippen LogP contribution in [0.3, 0.4) is 0 Å². The number of methoxy groups -OCH3 is 1. The number of hydrogen-bond acceptors (Lipinski definition) is 4. The Morgan fingerprint density at radius 3 is 2.72 bits per heavy atom. The van der Waals surface area contributed by atoms with Crippen molar-refractivity contribution in [3.8, 4) is 5.75 Å². The first kappa shape index (κ1) is 12.2. The first-order chi connectivity index (χ1) is 8.65. The number of ketones is 1. The van der Waals surface area contributed by atoms with Gasteiger partial charge in [0.1, 0.15) is 11.5 Å². The molecular weight excluding hydrogens is 230 g/mol. The zero-order valence-electron chi connectivity index (χ0n) is 10.4. The largest absolute Gasteiger partial charge is 0.496 e. The number of carbonyl (C=O) groups is 1. The molecule has 0 spiro atoms. The van der Waals surface area contributed by atoms with Gasteiger partial charge in [-0.1, -0.05) is 6.92 Å². The SMILES string of the molecule is CCc1ccc(C(=O)c2cc(N)ccc2OC)o1. The third-order valence-electron chi connectivity index (χ3n) is 2.70. The Morgan fingerprint density at radius 1 is 1.33 bits per heavy atom. The van der Waals surface area contributed by atoms with Crippen LogP contribution in [0.4, 0.5) is 5.69 Å². The Balaban J connectivity index is 2.41. The molecule has 0 fully saturated rings. The summed E-state index contributed by atoms with van der Waals surface area (Å²) >= 11 is 0. The van der Waals surface area contributed by atoms with E-state index < -0.39 is 0 Å². The van der Waals surface area contributed by atoms with Crippen LogP contribution in [0.15, 0.2) is 34.7 Å². The zero-order chi connectivity index (χ0) is 13.1. The smallest absolute Gasteiger partial charge is 0.231 e. The summed E-state index contributed by atoms with van der Waals surface area (Å²) in [5.74, 6) is 1.35. The van der Waals surface area contributed by atoms with Gasteiger partial charge in [0.05, 0.1) is 12.7 Å². The van der Waals surface area contributed by atoms with Crippen molar-refractivity contribution in [2.45, 2.75) is 13.3 Å². The second-order valence-corrected chi connectivity index (χ2v) is 3.91. The molecule has 4 heteroatoms. The highest BCUT2D eigenvalue weighted by Gasteiger charge is 2.18. The van der Waals surface area contributed by atoms with E-state index >= 15 is 0 Å². The van der Waals surface area contributed by atoms with Crippen LogP contribution in [0.5, 0.6) is 5.75 Å². The van der Waals surface area contributed by atoms with Crippen LogP contribution in [0, 0.1) is 0 Å². The summed E-state index contributed by atoms with van der Waals surface area (Å²) in [5, 5.41) is 0. The molecule has 0 aliphatic carbocycles. The van der Waals surface area contributed by atoms with Gasteiger partial charge in [-0.2, -0.15) is 0 Å². The van der Waals surface area contributed by atoms with E-state index in [0.717, 1.165) is 12.2 Å². The fourth-order valence-electron chi connectivity index (χ4n) is 1.73. The van der Waals surface area contributed by atoms with Crippen molar-refractivity contribution in [1.82, 2.24) is 0 Å². The summed E-state index contributed by atoms with van der Waals surface area (Å²) in [4.78, 5) is 12.3. The fourth-order valence-corrected chi connectivity index (χ4v) is 1.73. The molecule has 94 valence electrons. The standard InChI is InChI=1S/C14H15NO3/c1-3-10-5-7-13(18-10)14(16)11-8-9(15)4-6-12(11)17-2/h4-8H,3,15H2,1-2H3. The molecule has 1 aromatic heterocycles. The van der Waals surface area contributed by atoms with E-state index in [1.165, 1.54) is 7.11 Å². The summed E-state index contributed by atoms with van der Waals surface area (Å²) in [6, 6.07) is 8.42. The Labute approximate surface area is 105 Å². The monoisotopic (exact) mass is 245 g/mol. The van der Waals surface area contributed by atoms with Crippen LogP contribution >= 0.6 is 0 Å². The molecule has 2 N–H and O–H groups in total. The van der Waals surface area contributed by atoms with Gasteiger partial charge >= 0.3 is 0 Å². The number of aryl methyl sites for hydroxylation is 1. The molecule has 18 heavy (non-hydrogen) atoms. The van der Waals surface area contributed by atoms with Crippen molar-refractivity contribution in [1.29, 1.82) is 0 Å². The molecule has 0 saturated carbocycles. The van der Waals surface area contributed by atoms with Crippen molar-refractivity contribution in [3.63, 3.8) is 0 Å². The van der Waals surface area contributed by atoms with Crippen molar-refractivity contribution in [2.24, 2.45) is 0 Å². The minimum atomic E-state index is -0.223. The number of benzene rings is 1. The quantitative estimate of drug-likeness (QED) is 0.664. The van der Waals surface area contributed by atoms with E-state index in [1.807, 2.05) is 6.92 Å². The highest BCUT2D eigenvalue weighted by Crippen LogP contribution is 2.24. The minimum absolute atomic E-state index is 0.223. The molecular formula is C14H15NO3. The van der Waals surface area contributed by atoms with Gasteiger partial charge in [-0.3, -0.25) is 4.79 Å². The highest BCUT2D eigenvalue weighted by atomic mass is 16.5. The number of nitrogens with two attached hydrogens (primary N) is 1. The number of hydrogen-bond donors (Lipinski definition) is 1. The topological polar surface area (TPSA) is 65.5 Å². The Kier molecular flexibility index (Phi) is 3.37. The maximum atomic E-state index is 12.3. The van der Waals surface area contributed by atoms with Gasteiger partial charge in [0.25, 0.3) is 0 Å². The Morgan fingerprint density at radius 2 is 2.11 bits per heavy atom. The summed E-state index contributed by atoms with van der Waals surface area (Å²) in [6.45, 7) is 1.97. The van der Waals surface area contributed by atoms with Gasteiger partial charge in [-0.15, -0.1) is 0 Å². The van der Waals surface area contributed by atoms with E-state index in [0.29, 0.717) is 22.8 Å². The second kappa shape index (κ2) is 4.96. The first-order valence-corrected chi connectivity index (χ1v) is 5.72. The lowest BCUT2D eigenvalue weighted by atomic mass is 10.1. The van der Waals surface area contributed by atoms with Crippen molar-refractivity contribution in [3.05, 3.63) is 47.4 Å². The summed E-state index contributed by atoms with van der Waals surface area (Å²) < 4.78 is 10.6. The normalized spacial score (nSPS) is 10.3. The van der Waals surface area contributed by atoms with E-state index in [2.05, 4.69) is 0 Å². The van der Waals surface area contributed by atoms with Crippen LogP contribution < -0.4 is 10.5 Å². The summed E-state index contributed by atoms with van der Waals surface area (Å²) in [6.07, 6.45) is 0.751. The number of ether oxygens (including phenoxy) is 1. The lowest BCUT2D eigenvalue weighted by molar-refractivity contribution is 0.100. The molecule has 2 rings (SSSR count). The fraction of sp³-hybridized carbons (Fsp3) is 0.214. The highest BCUT2D eigenvalue weighted by molar-refractivity contribution is 6.09. The Bertz CT molecular complexity index is 572. The van der Waals surface area contributed by atoms with Gasteiger partial charge in [0.15, 0.2) is 5.76 Å². The maximum Gasteiger partial charge on any atom is 0.231 e. The average Bonchev–Trinajstić information content (AvgIpc) is 2.86. The van der Waals surface area contributed by atoms with Crippen molar-refractivity contribution < 1.29 is 13.9 Å². The lowest BCUT2D eigenvalue weighted by Crippen LogP contribution is -2.04. The van der Waals surface area contributed by atoms with E-state index in [4.69, 9.17) is 14.9 Å². The maximum absolute atomic E-state index is 12.3. The van der Waals surface area contributed by atoms with Gasteiger partial charge in [0.2, 0.25) is 5.78 Å². The average molecular weight is 245 g/mol. The molecule has 0 unspecified atom stereocenters. The Hall–Kier alpha value is -2.23. The molecule has 1 heterocycles. The van der Waals surface area contributed by atoms with Crippen LogP contribution in [-0.4, -0.2) is 12.9 Å². The number of nitrogen functional groups attached to an aromatic ring is 1. The molecule has 4 nitrogen and oxygen atoms in total. The second-order valence-electron chi connectivity index (χ2n) is 3.91. The molecule has 0 bridgehead atoms. The molecule has 0 atom stereocenters. The third-order valence-corrected chi connectivity index (χ3v) is 2.70. The van der Waals surface area contributed by atoms with Crippen LogP contribution in [-0.2, 0) is 6.42 Å². The van der Waals surface area contributed by atoms with E-state index in [1.54, 1.807) is 30.3 Å². The van der Waals surface area contributed by atoms with E-state index in [9.17, 15) is 4.79 Å². The van der Waals surface area contributed by atoms with E-state index in [-0.39, 0.29) is 5.78 Å². The number of carbonyl (C=O) groups excluding carboxylic acids is 1. The predicted octanol–water partition coefficient (Wildman–Crippen LogP) is 2.66. The van der Waals surface area contributed by atoms with Gasteiger partial charge in [0, 0.05) is 12.1 Å². The third kappa shape index (κ3) is 2.22. The molecule has 2 aromatic rings.